The molecule has 1 atom stereocenters. The van der Waals surface area contributed by atoms with Gasteiger partial charge in [0.2, 0.25) is 5.88 Å². The fraction of sp³-hybridized carbons (Fsp3) is 0.333. The first kappa shape index (κ1) is 22.2. The fourth-order valence-corrected chi connectivity index (χ4v) is 3.22. The van der Waals surface area contributed by atoms with Crippen LogP contribution in [0.3, 0.4) is 0 Å². The Bertz CT molecular complexity index is 970. The van der Waals surface area contributed by atoms with Gasteiger partial charge in [-0.25, -0.2) is 0 Å². The summed E-state index contributed by atoms with van der Waals surface area (Å²) < 4.78 is 16.7. The van der Waals surface area contributed by atoms with Crippen molar-refractivity contribution >= 4 is 17.3 Å². The van der Waals surface area contributed by atoms with Crippen LogP contribution in [0.4, 0.5) is 5.69 Å². The number of carbonyl (C=O) groups is 1. The zero-order valence-corrected chi connectivity index (χ0v) is 18.4. The molecule has 2 N–H and O–H groups in total. The molecule has 1 heterocycles. The van der Waals surface area contributed by atoms with E-state index < -0.39 is 5.92 Å². The van der Waals surface area contributed by atoms with E-state index >= 15 is 0 Å². The number of ether oxygens (including phenoxy) is 3. The highest BCUT2D eigenvalue weighted by Crippen LogP contribution is 2.29. The second kappa shape index (κ2) is 10.0. The van der Waals surface area contributed by atoms with Gasteiger partial charge in [0.1, 0.15) is 23.3 Å². The molecule has 0 amide bonds. The SMILES string of the molecule is COc1ccc(OC)c(CC(=O)C2C=C(OCC(C)C)N(c3ccccc3)N=C2N)c1. The van der Waals surface area contributed by atoms with Crippen LogP contribution in [0, 0.1) is 11.8 Å². The van der Waals surface area contributed by atoms with Crippen molar-refractivity contribution in [3.05, 3.63) is 66.1 Å². The summed E-state index contributed by atoms with van der Waals surface area (Å²) in [6.07, 6.45) is 1.87. The smallest absolute Gasteiger partial charge is 0.212 e. The van der Waals surface area contributed by atoms with Gasteiger partial charge < -0.3 is 19.9 Å². The van der Waals surface area contributed by atoms with Crippen LogP contribution in [0.5, 0.6) is 11.5 Å². The first-order valence-corrected chi connectivity index (χ1v) is 10.2. The van der Waals surface area contributed by atoms with Gasteiger partial charge in [-0.15, -0.1) is 0 Å². The van der Waals surface area contributed by atoms with Gasteiger partial charge in [-0.1, -0.05) is 32.0 Å². The number of benzene rings is 2. The number of carbonyl (C=O) groups excluding carboxylic acids is 1. The Kier molecular flexibility index (Phi) is 7.18. The molecule has 0 bridgehead atoms. The van der Waals surface area contributed by atoms with Gasteiger partial charge in [-0.2, -0.15) is 10.1 Å². The molecule has 1 aliphatic heterocycles. The van der Waals surface area contributed by atoms with Gasteiger partial charge in [-0.05, 0) is 42.3 Å². The number of hydrazone groups is 1. The lowest BCUT2D eigenvalue weighted by atomic mass is 9.95. The summed E-state index contributed by atoms with van der Waals surface area (Å²) in [5.74, 6) is 1.49. The Hall–Kier alpha value is -3.48. The highest BCUT2D eigenvalue weighted by atomic mass is 16.5. The van der Waals surface area contributed by atoms with Crippen LogP contribution in [0.25, 0.3) is 0 Å². The molecular weight excluding hydrogens is 394 g/mol. The average Bonchev–Trinajstić information content (AvgIpc) is 2.78. The van der Waals surface area contributed by atoms with E-state index in [4.69, 9.17) is 19.9 Å². The number of para-hydroxylation sites is 1. The highest BCUT2D eigenvalue weighted by Gasteiger charge is 2.30. The monoisotopic (exact) mass is 423 g/mol. The highest BCUT2D eigenvalue weighted by molar-refractivity contribution is 6.07. The maximum atomic E-state index is 13.2. The van der Waals surface area contributed by atoms with Crippen LogP contribution in [0.2, 0.25) is 0 Å². The molecule has 1 unspecified atom stereocenters. The van der Waals surface area contributed by atoms with Crippen molar-refractivity contribution in [2.75, 3.05) is 25.8 Å². The third-order valence-electron chi connectivity index (χ3n) is 4.82. The number of ketones is 1. The Morgan fingerprint density at radius 1 is 1.13 bits per heavy atom. The molecule has 2 aromatic carbocycles. The number of amidine groups is 1. The van der Waals surface area contributed by atoms with E-state index in [1.165, 1.54) is 0 Å². The van der Waals surface area contributed by atoms with Crippen molar-refractivity contribution in [2.24, 2.45) is 22.7 Å². The lowest BCUT2D eigenvalue weighted by molar-refractivity contribution is -0.119. The minimum absolute atomic E-state index is 0.105. The maximum absolute atomic E-state index is 13.2. The van der Waals surface area contributed by atoms with Crippen LogP contribution >= 0.6 is 0 Å². The molecule has 164 valence electrons. The summed E-state index contributed by atoms with van der Waals surface area (Å²) in [6, 6.07) is 14.9. The predicted octanol–water partition coefficient (Wildman–Crippen LogP) is 3.74. The Morgan fingerprint density at radius 2 is 1.87 bits per heavy atom. The largest absolute Gasteiger partial charge is 0.497 e. The van der Waals surface area contributed by atoms with Crippen molar-refractivity contribution < 1.29 is 19.0 Å². The molecular formula is C24H29N3O4. The van der Waals surface area contributed by atoms with Crippen LogP contribution in [-0.4, -0.2) is 32.4 Å². The van der Waals surface area contributed by atoms with Crippen molar-refractivity contribution in [1.29, 1.82) is 0 Å². The third-order valence-corrected chi connectivity index (χ3v) is 4.82. The van der Waals surface area contributed by atoms with Crippen LogP contribution in [0.15, 0.2) is 65.6 Å². The Morgan fingerprint density at radius 3 is 2.52 bits per heavy atom. The molecule has 0 saturated carbocycles. The van der Waals surface area contributed by atoms with Crippen molar-refractivity contribution in [3.63, 3.8) is 0 Å². The second-order valence-electron chi connectivity index (χ2n) is 7.68. The summed E-state index contributed by atoms with van der Waals surface area (Å²) in [5, 5.41) is 6.12. The molecule has 0 aromatic heterocycles. The van der Waals surface area contributed by atoms with E-state index in [2.05, 4.69) is 18.9 Å². The molecule has 3 rings (SSSR count). The summed E-state index contributed by atoms with van der Waals surface area (Å²) in [6.45, 7) is 4.62. The fourth-order valence-electron chi connectivity index (χ4n) is 3.22. The van der Waals surface area contributed by atoms with E-state index in [0.717, 1.165) is 11.3 Å². The van der Waals surface area contributed by atoms with Gasteiger partial charge in [0.15, 0.2) is 5.78 Å². The van der Waals surface area contributed by atoms with E-state index in [1.54, 1.807) is 43.5 Å². The molecule has 0 fully saturated rings. The van der Waals surface area contributed by atoms with E-state index in [1.807, 2.05) is 30.3 Å². The number of hydrogen-bond acceptors (Lipinski definition) is 7. The minimum atomic E-state index is -0.696. The van der Waals surface area contributed by atoms with E-state index in [-0.39, 0.29) is 18.0 Å². The van der Waals surface area contributed by atoms with Crippen molar-refractivity contribution in [2.45, 2.75) is 20.3 Å². The van der Waals surface area contributed by atoms with Crippen molar-refractivity contribution in [3.8, 4) is 11.5 Å². The van der Waals surface area contributed by atoms with Crippen LogP contribution in [0.1, 0.15) is 19.4 Å². The number of methoxy groups -OCH3 is 2. The van der Waals surface area contributed by atoms with Gasteiger partial charge in [-0.3, -0.25) is 4.79 Å². The molecule has 0 spiro atoms. The standard InChI is InChI=1S/C24H29N3O4/c1-16(2)15-31-23-14-20(24(25)26-27(23)18-8-6-5-7-9-18)21(28)13-17-12-19(29-3)10-11-22(17)30-4/h5-12,14,16,20H,13,15H2,1-4H3,(H2,25,26). The Labute approximate surface area is 183 Å². The van der Waals surface area contributed by atoms with Crippen LogP contribution in [-0.2, 0) is 16.0 Å². The van der Waals surface area contributed by atoms with Gasteiger partial charge in [0.25, 0.3) is 0 Å². The van der Waals surface area contributed by atoms with Crippen molar-refractivity contribution in [1.82, 2.24) is 0 Å². The summed E-state index contributed by atoms with van der Waals surface area (Å²) in [4.78, 5) is 13.2. The average molecular weight is 424 g/mol. The lowest BCUT2D eigenvalue weighted by Gasteiger charge is -2.29. The number of Topliss-reactive ketones (excluding diaryl/α,β-unsaturated/α-hetero) is 1. The topological polar surface area (TPSA) is 86.4 Å². The quantitative estimate of drug-likeness (QED) is 0.661. The molecule has 2 aromatic rings. The first-order chi connectivity index (χ1) is 14.9. The summed E-state index contributed by atoms with van der Waals surface area (Å²) >= 11 is 0. The Balaban J connectivity index is 1.89. The minimum Gasteiger partial charge on any atom is -0.497 e. The summed E-state index contributed by atoms with van der Waals surface area (Å²) in [7, 11) is 3.15. The summed E-state index contributed by atoms with van der Waals surface area (Å²) in [5.41, 5.74) is 7.77. The molecule has 31 heavy (non-hydrogen) atoms. The predicted molar refractivity (Wildman–Crippen MR) is 121 cm³/mol. The molecule has 0 saturated heterocycles. The second-order valence-corrected chi connectivity index (χ2v) is 7.68. The first-order valence-electron chi connectivity index (χ1n) is 10.2. The number of rotatable bonds is 9. The van der Waals surface area contributed by atoms with Gasteiger partial charge in [0.05, 0.1) is 26.5 Å². The zero-order valence-electron chi connectivity index (χ0n) is 18.4. The van der Waals surface area contributed by atoms with Gasteiger partial charge >= 0.3 is 0 Å². The normalized spacial score (nSPS) is 15.9. The van der Waals surface area contributed by atoms with Crippen LogP contribution < -0.4 is 20.2 Å². The third kappa shape index (κ3) is 5.36. The molecule has 0 aliphatic carbocycles. The number of anilines is 1. The van der Waals surface area contributed by atoms with E-state index in [0.29, 0.717) is 29.9 Å². The van der Waals surface area contributed by atoms with E-state index in [9.17, 15) is 4.79 Å². The number of nitrogens with two attached hydrogens (primary N) is 1. The molecule has 1 aliphatic rings. The zero-order chi connectivity index (χ0) is 22.4. The molecule has 7 nitrogen and oxygen atoms in total. The maximum Gasteiger partial charge on any atom is 0.212 e. The number of nitrogens with zero attached hydrogens (tertiary/aromatic N) is 2. The lowest BCUT2D eigenvalue weighted by Crippen LogP contribution is -2.38. The molecule has 7 heteroatoms. The van der Waals surface area contributed by atoms with Gasteiger partial charge in [0, 0.05) is 12.0 Å². The molecule has 0 radical (unpaired) electrons. The number of hydrogen-bond donors (Lipinski definition) is 1.